The van der Waals surface area contributed by atoms with Crippen molar-refractivity contribution in [1.29, 1.82) is 0 Å². The van der Waals surface area contributed by atoms with Gasteiger partial charge in [-0.05, 0) is 30.7 Å². The van der Waals surface area contributed by atoms with Gasteiger partial charge in [0.2, 0.25) is 17.7 Å². The lowest BCUT2D eigenvalue weighted by Gasteiger charge is -2.25. The first-order valence-corrected chi connectivity index (χ1v) is 11.5. The molecule has 35 heavy (non-hydrogen) atoms. The van der Waals surface area contributed by atoms with Gasteiger partial charge in [-0.25, -0.2) is 4.79 Å². The van der Waals surface area contributed by atoms with Gasteiger partial charge in [0, 0.05) is 13.0 Å². The van der Waals surface area contributed by atoms with Crippen LogP contribution in [0.5, 0.6) is 0 Å². The molecule has 12 nitrogen and oxygen atoms in total. The second kappa shape index (κ2) is 15.3. The molecule has 0 aromatic heterocycles. The van der Waals surface area contributed by atoms with Gasteiger partial charge < -0.3 is 38.3 Å². The molecule has 3 atom stereocenters. The van der Waals surface area contributed by atoms with E-state index in [2.05, 4.69) is 20.9 Å². The van der Waals surface area contributed by atoms with E-state index in [1.807, 2.05) is 13.8 Å². The number of carboxylic acids is 1. The quantitative estimate of drug-likeness (QED) is 0.0898. The number of carboxylic acid groups (broad SMARTS) is 1. The van der Waals surface area contributed by atoms with Crippen LogP contribution in [0.25, 0.3) is 0 Å². The molecule has 3 unspecified atom stereocenters. The molecule has 0 aliphatic rings. The highest BCUT2D eigenvalue weighted by Crippen LogP contribution is 2.08. The lowest BCUT2D eigenvalue weighted by Crippen LogP contribution is -2.56. The third-order valence-electron chi connectivity index (χ3n) is 5.02. The molecule has 3 amide bonds. The first-order chi connectivity index (χ1) is 16.5. The number of hydrogen-bond donors (Lipinski definition) is 7. The topological polar surface area (TPSA) is 215 Å². The van der Waals surface area contributed by atoms with Gasteiger partial charge in [-0.2, -0.15) is 0 Å². The molecule has 0 bridgehead atoms. The van der Waals surface area contributed by atoms with E-state index in [4.69, 9.17) is 17.2 Å². The molecule has 0 fully saturated rings. The van der Waals surface area contributed by atoms with Crippen molar-refractivity contribution in [3.8, 4) is 0 Å². The van der Waals surface area contributed by atoms with Gasteiger partial charge in [0.15, 0.2) is 5.96 Å². The van der Waals surface area contributed by atoms with Gasteiger partial charge in [0.1, 0.15) is 18.1 Å². The van der Waals surface area contributed by atoms with Crippen LogP contribution in [0.2, 0.25) is 0 Å². The minimum Gasteiger partial charge on any atom is -0.480 e. The highest BCUT2D eigenvalue weighted by atomic mass is 16.4. The molecule has 1 rings (SSSR count). The lowest BCUT2D eigenvalue weighted by atomic mass is 10.0. The fourth-order valence-electron chi connectivity index (χ4n) is 3.32. The highest BCUT2D eigenvalue weighted by molar-refractivity contribution is 5.93. The molecular weight excluding hydrogens is 454 g/mol. The minimum atomic E-state index is -1.21. The average Bonchev–Trinajstić information content (AvgIpc) is 2.79. The van der Waals surface area contributed by atoms with E-state index in [1.54, 1.807) is 30.3 Å². The number of amides is 3. The summed E-state index contributed by atoms with van der Waals surface area (Å²) in [4.78, 5) is 53.5. The van der Waals surface area contributed by atoms with Crippen molar-refractivity contribution in [2.75, 3.05) is 13.1 Å². The first kappa shape index (κ1) is 29.4. The van der Waals surface area contributed by atoms with Crippen LogP contribution in [0.1, 0.15) is 38.7 Å². The monoisotopic (exact) mass is 491 g/mol. The Hall–Kier alpha value is -3.67. The smallest absolute Gasteiger partial charge is 0.326 e. The summed E-state index contributed by atoms with van der Waals surface area (Å²) in [5, 5.41) is 17.3. The van der Waals surface area contributed by atoms with E-state index in [9.17, 15) is 24.3 Å². The summed E-state index contributed by atoms with van der Waals surface area (Å²) in [6, 6.07) is 5.68. The fraction of sp³-hybridized carbons (Fsp3) is 0.522. The average molecular weight is 492 g/mol. The molecule has 0 saturated carbocycles. The van der Waals surface area contributed by atoms with Gasteiger partial charge in [-0.15, -0.1) is 0 Å². The molecule has 12 heteroatoms. The zero-order valence-electron chi connectivity index (χ0n) is 20.2. The van der Waals surface area contributed by atoms with E-state index in [0.717, 1.165) is 5.56 Å². The molecule has 0 heterocycles. The molecule has 0 radical (unpaired) electrons. The molecule has 1 aromatic carbocycles. The van der Waals surface area contributed by atoms with Crippen molar-refractivity contribution in [2.24, 2.45) is 28.1 Å². The Bertz CT molecular complexity index is 872. The van der Waals surface area contributed by atoms with Crippen LogP contribution in [0.3, 0.4) is 0 Å². The predicted molar refractivity (Wildman–Crippen MR) is 132 cm³/mol. The summed E-state index contributed by atoms with van der Waals surface area (Å²) in [5.41, 5.74) is 16.7. The molecule has 0 aliphatic heterocycles. The zero-order valence-corrected chi connectivity index (χ0v) is 20.2. The Labute approximate surface area is 205 Å². The van der Waals surface area contributed by atoms with Crippen molar-refractivity contribution >= 4 is 29.7 Å². The predicted octanol–water partition coefficient (Wildman–Crippen LogP) is -1.17. The number of carbonyl (C=O) groups excluding carboxylic acids is 3. The highest BCUT2D eigenvalue weighted by Gasteiger charge is 2.29. The van der Waals surface area contributed by atoms with Crippen LogP contribution in [-0.4, -0.2) is 66.0 Å². The largest absolute Gasteiger partial charge is 0.480 e. The molecule has 0 saturated heterocycles. The van der Waals surface area contributed by atoms with Crippen LogP contribution < -0.4 is 33.2 Å². The molecular formula is C23H37N7O5. The molecule has 0 spiro atoms. The van der Waals surface area contributed by atoms with E-state index < -0.39 is 41.8 Å². The number of guanidine groups is 1. The van der Waals surface area contributed by atoms with Crippen LogP contribution in [0.4, 0.5) is 0 Å². The number of aliphatic imine (C=N–C) groups is 1. The zero-order chi connectivity index (χ0) is 26.4. The maximum absolute atomic E-state index is 13.1. The van der Waals surface area contributed by atoms with Gasteiger partial charge in [-0.3, -0.25) is 19.4 Å². The third kappa shape index (κ3) is 11.8. The standard InChI is InChI=1S/C23H37N7O5/c1-14(2)11-17(28-19(31)13-24)21(33)29-16(9-6-10-27-23(25)26)20(32)30-18(22(34)35)12-15-7-4-3-5-8-15/h3-5,7-8,14,16-18H,6,9-13,24H2,1-2H3,(H,28,31)(H,29,33)(H,30,32)(H,34,35)(H4,25,26,27). The molecule has 194 valence electrons. The second-order valence-corrected chi connectivity index (χ2v) is 8.55. The Morgan fingerprint density at radius 2 is 1.54 bits per heavy atom. The number of nitrogens with two attached hydrogens (primary N) is 3. The molecule has 0 aliphatic carbocycles. The maximum atomic E-state index is 13.1. The van der Waals surface area contributed by atoms with Crippen molar-refractivity contribution in [2.45, 2.75) is 57.7 Å². The van der Waals surface area contributed by atoms with Crippen LogP contribution in [-0.2, 0) is 25.6 Å². The number of aliphatic carboxylic acids is 1. The van der Waals surface area contributed by atoms with Gasteiger partial charge in [0.05, 0.1) is 6.54 Å². The summed E-state index contributed by atoms with van der Waals surface area (Å²) in [6.45, 7) is 3.70. The summed E-state index contributed by atoms with van der Waals surface area (Å²) in [7, 11) is 0. The minimum absolute atomic E-state index is 0.0686. The number of nitrogens with one attached hydrogen (secondary N) is 3. The van der Waals surface area contributed by atoms with E-state index in [-0.39, 0.29) is 37.8 Å². The third-order valence-corrected chi connectivity index (χ3v) is 5.02. The van der Waals surface area contributed by atoms with Crippen LogP contribution >= 0.6 is 0 Å². The van der Waals surface area contributed by atoms with Crippen molar-refractivity contribution < 1.29 is 24.3 Å². The van der Waals surface area contributed by atoms with Crippen molar-refractivity contribution in [1.82, 2.24) is 16.0 Å². The van der Waals surface area contributed by atoms with E-state index >= 15 is 0 Å². The summed E-state index contributed by atoms with van der Waals surface area (Å²) in [6.07, 6.45) is 0.882. The SMILES string of the molecule is CC(C)CC(NC(=O)CN)C(=O)NC(CCCN=C(N)N)C(=O)NC(Cc1ccccc1)C(=O)O. The number of hydrogen-bond acceptors (Lipinski definition) is 6. The van der Waals surface area contributed by atoms with Crippen molar-refractivity contribution in [3.05, 3.63) is 35.9 Å². The fourth-order valence-corrected chi connectivity index (χ4v) is 3.32. The summed E-state index contributed by atoms with van der Waals surface area (Å²) >= 11 is 0. The van der Waals surface area contributed by atoms with Gasteiger partial charge in [-0.1, -0.05) is 44.2 Å². The van der Waals surface area contributed by atoms with Crippen LogP contribution in [0.15, 0.2) is 35.3 Å². The maximum Gasteiger partial charge on any atom is 0.326 e. The summed E-state index contributed by atoms with van der Waals surface area (Å²) in [5.74, 6) is -2.99. The Morgan fingerprint density at radius 3 is 2.09 bits per heavy atom. The van der Waals surface area contributed by atoms with Crippen LogP contribution in [0, 0.1) is 5.92 Å². The van der Waals surface area contributed by atoms with Gasteiger partial charge in [0.25, 0.3) is 0 Å². The number of carbonyl (C=O) groups is 4. The van der Waals surface area contributed by atoms with Crippen molar-refractivity contribution in [3.63, 3.8) is 0 Å². The van der Waals surface area contributed by atoms with E-state index in [1.165, 1.54) is 0 Å². The normalized spacial score (nSPS) is 13.3. The van der Waals surface area contributed by atoms with E-state index in [0.29, 0.717) is 12.8 Å². The number of nitrogens with zero attached hydrogens (tertiary/aromatic N) is 1. The Balaban J connectivity index is 3.01. The summed E-state index contributed by atoms with van der Waals surface area (Å²) < 4.78 is 0. The Morgan fingerprint density at radius 1 is 0.943 bits per heavy atom. The Kier molecular flexibility index (Phi) is 12.8. The molecule has 1 aromatic rings. The van der Waals surface area contributed by atoms with Gasteiger partial charge >= 0.3 is 5.97 Å². The number of benzene rings is 1. The first-order valence-electron chi connectivity index (χ1n) is 11.5. The number of rotatable bonds is 15. The second-order valence-electron chi connectivity index (χ2n) is 8.55. The lowest BCUT2D eigenvalue weighted by molar-refractivity contribution is -0.142. The molecule has 10 N–H and O–H groups in total.